The molecule has 0 saturated heterocycles. The van der Waals surface area contributed by atoms with Gasteiger partial charge < -0.3 is 16.2 Å². The molecule has 0 aromatic heterocycles. The van der Waals surface area contributed by atoms with E-state index >= 15 is 0 Å². The summed E-state index contributed by atoms with van der Waals surface area (Å²) in [6.07, 6.45) is 1.90. The van der Waals surface area contributed by atoms with E-state index in [-0.39, 0.29) is 24.2 Å². The van der Waals surface area contributed by atoms with Gasteiger partial charge in [0.05, 0.1) is 6.04 Å². The van der Waals surface area contributed by atoms with E-state index in [1.165, 1.54) is 0 Å². The lowest BCUT2D eigenvalue weighted by molar-refractivity contribution is -0.138. The Balaban J connectivity index is 4.32. The average Bonchev–Trinajstić information content (AvgIpc) is 2.33. The van der Waals surface area contributed by atoms with Crippen LogP contribution in [0.1, 0.15) is 47.0 Å². The topological polar surface area (TPSA) is 92.4 Å². The van der Waals surface area contributed by atoms with Crippen LogP contribution in [0.4, 0.5) is 0 Å². The molecule has 0 fully saturated rings. The van der Waals surface area contributed by atoms with Crippen LogP contribution in [0, 0.1) is 17.8 Å². The van der Waals surface area contributed by atoms with Gasteiger partial charge in [-0.1, -0.05) is 34.1 Å². The molecule has 0 spiro atoms. The first-order valence-electron chi connectivity index (χ1n) is 7.02. The van der Waals surface area contributed by atoms with Crippen LogP contribution in [0.25, 0.3) is 0 Å². The summed E-state index contributed by atoms with van der Waals surface area (Å²) in [7, 11) is 0. The van der Waals surface area contributed by atoms with Gasteiger partial charge in [0.15, 0.2) is 0 Å². The van der Waals surface area contributed by atoms with E-state index in [0.29, 0.717) is 12.5 Å². The molecule has 0 unspecified atom stereocenters. The molecule has 0 aliphatic carbocycles. The predicted octanol–water partition coefficient (Wildman–Crippen LogP) is 1.61. The molecule has 0 aliphatic rings. The van der Waals surface area contributed by atoms with Gasteiger partial charge in [0, 0.05) is 13.0 Å². The summed E-state index contributed by atoms with van der Waals surface area (Å²) in [4.78, 5) is 22.6. The Morgan fingerprint density at radius 2 is 1.84 bits per heavy atom. The van der Waals surface area contributed by atoms with Crippen LogP contribution < -0.4 is 11.1 Å². The fourth-order valence-corrected chi connectivity index (χ4v) is 1.89. The maximum atomic E-state index is 11.7. The van der Waals surface area contributed by atoms with Crippen LogP contribution in [0.5, 0.6) is 0 Å². The molecule has 5 heteroatoms. The minimum atomic E-state index is -0.823. The number of amides is 1. The van der Waals surface area contributed by atoms with E-state index in [4.69, 9.17) is 10.8 Å². The van der Waals surface area contributed by atoms with Gasteiger partial charge in [0.25, 0.3) is 0 Å². The second-order valence-electron chi connectivity index (χ2n) is 5.73. The fraction of sp³-hybridized carbons (Fsp3) is 0.857. The SMILES string of the molecule is CC[C@@H](C)C[C@H](CNC(=O)[C@@H](N)C(C)C)CC(=O)O. The van der Waals surface area contributed by atoms with Crippen molar-refractivity contribution in [3.05, 3.63) is 0 Å². The second kappa shape index (κ2) is 8.91. The molecule has 0 bridgehead atoms. The zero-order valence-corrected chi connectivity index (χ0v) is 12.5. The van der Waals surface area contributed by atoms with Crippen molar-refractivity contribution in [2.45, 2.75) is 53.0 Å². The van der Waals surface area contributed by atoms with Crippen LogP contribution in [-0.4, -0.2) is 29.6 Å². The molecule has 0 saturated carbocycles. The third kappa shape index (κ3) is 7.82. The summed E-state index contributed by atoms with van der Waals surface area (Å²) in [6, 6.07) is -0.533. The summed E-state index contributed by atoms with van der Waals surface area (Å²) in [5.41, 5.74) is 5.75. The molecule has 3 atom stereocenters. The number of carbonyl (C=O) groups excluding carboxylic acids is 1. The normalized spacial score (nSPS) is 15.9. The molecule has 0 aliphatic heterocycles. The Morgan fingerprint density at radius 3 is 2.26 bits per heavy atom. The van der Waals surface area contributed by atoms with Gasteiger partial charge >= 0.3 is 5.97 Å². The van der Waals surface area contributed by atoms with Crippen LogP contribution in [0.3, 0.4) is 0 Å². The minimum absolute atomic E-state index is 0.0317. The number of hydrogen-bond acceptors (Lipinski definition) is 3. The predicted molar refractivity (Wildman–Crippen MR) is 75.6 cm³/mol. The molecule has 0 aromatic carbocycles. The Morgan fingerprint density at radius 1 is 1.26 bits per heavy atom. The molecule has 4 N–H and O–H groups in total. The molecule has 5 nitrogen and oxygen atoms in total. The Kier molecular flexibility index (Phi) is 8.39. The van der Waals surface area contributed by atoms with Crippen molar-refractivity contribution < 1.29 is 14.7 Å². The molecule has 0 aromatic rings. The summed E-state index contributed by atoms with van der Waals surface area (Å²) in [6.45, 7) is 8.33. The zero-order valence-electron chi connectivity index (χ0n) is 12.5. The standard InChI is InChI=1S/C14H28N2O3/c1-5-10(4)6-11(7-12(17)18)8-16-14(19)13(15)9(2)3/h9-11,13H,5-8,15H2,1-4H3,(H,16,19)(H,17,18)/t10-,11+,13+/m1/s1. The molecule has 0 radical (unpaired) electrons. The highest BCUT2D eigenvalue weighted by molar-refractivity contribution is 5.81. The van der Waals surface area contributed by atoms with Crippen molar-refractivity contribution in [3.63, 3.8) is 0 Å². The van der Waals surface area contributed by atoms with Crippen molar-refractivity contribution in [1.29, 1.82) is 0 Å². The summed E-state index contributed by atoms with van der Waals surface area (Å²) < 4.78 is 0. The number of nitrogens with two attached hydrogens (primary N) is 1. The smallest absolute Gasteiger partial charge is 0.303 e. The number of nitrogens with one attached hydrogen (secondary N) is 1. The first-order valence-corrected chi connectivity index (χ1v) is 7.02. The highest BCUT2D eigenvalue weighted by Gasteiger charge is 2.20. The number of rotatable bonds is 9. The molecular formula is C14H28N2O3. The van der Waals surface area contributed by atoms with Gasteiger partial charge in [-0.2, -0.15) is 0 Å². The molecule has 1 amide bonds. The largest absolute Gasteiger partial charge is 0.481 e. The maximum absolute atomic E-state index is 11.7. The third-order valence-electron chi connectivity index (χ3n) is 3.48. The lowest BCUT2D eigenvalue weighted by atomic mass is 9.91. The average molecular weight is 272 g/mol. The Hall–Kier alpha value is -1.10. The quantitative estimate of drug-likeness (QED) is 0.594. The highest BCUT2D eigenvalue weighted by atomic mass is 16.4. The van der Waals surface area contributed by atoms with Crippen molar-refractivity contribution >= 4 is 11.9 Å². The van der Waals surface area contributed by atoms with Gasteiger partial charge in [-0.25, -0.2) is 0 Å². The molecule has 19 heavy (non-hydrogen) atoms. The number of carboxylic acid groups (broad SMARTS) is 1. The lowest BCUT2D eigenvalue weighted by Gasteiger charge is -2.21. The molecule has 0 rings (SSSR count). The molecular weight excluding hydrogens is 244 g/mol. The number of carbonyl (C=O) groups is 2. The van der Waals surface area contributed by atoms with E-state index in [0.717, 1.165) is 12.8 Å². The minimum Gasteiger partial charge on any atom is -0.481 e. The Bertz CT molecular complexity index is 292. The highest BCUT2D eigenvalue weighted by Crippen LogP contribution is 2.17. The first kappa shape index (κ1) is 17.9. The van der Waals surface area contributed by atoms with Crippen LogP contribution in [-0.2, 0) is 9.59 Å². The zero-order chi connectivity index (χ0) is 15.0. The van der Waals surface area contributed by atoms with Crippen molar-refractivity contribution in [2.75, 3.05) is 6.54 Å². The van der Waals surface area contributed by atoms with Gasteiger partial charge in [-0.05, 0) is 24.2 Å². The first-order chi connectivity index (χ1) is 8.77. The summed E-state index contributed by atoms with van der Waals surface area (Å²) in [5, 5.41) is 11.7. The monoisotopic (exact) mass is 272 g/mol. The van der Waals surface area contributed by atoms with E-state index in [9.17, 15) is 9.59 Å². The molecule has 0 heterocycles. The van der Waals surface area contributed by atoms with Gasteiger partial charge in [0.1, 0.15) is 0 Å². The van der Waals surface area contributed by atoms with Crippen molar-refractivity contribution in [2.24, 2.45) is 23.5 Å². The van der Waals surface area contributed by atoms with E-state index in [2.05, 4.69) is 19.2 Å². The third-order valence-corrected chi connectivity index (χ3v) is 3.48. The van der Waals surface area contributed by atoms with Crippen LogP contribution in [0.15, 0.2) is 0 Å². The van der Waals surface area contributed by atoms with Gasteiger partial charge in [0.2, 0.25) is 5.91 Å². The lowest BCUT2D eigenvalue weighted by Crippen LogP contribution is -2.45. The fourth-order valence-electron chi connectivity index (χ4n) is 1.89. The van der Waals surface area contributed by atoms with Crippen LogP contribution >= 0.6 is 0 Å². The summed E-state index contributed by atoms with van der Waals surface area (Å²) >= 11 is 0. The number of aliphatic carboxylic acids is 1. The van der Waals surface area contributed by atoms with E-state index < -0.39 is 12.0 Å². The number of hydrogen-bond donors (Lipinski definition) is 3. The van der Waals surface area contributed by atoms with Gasteiger partial charge in [-0.15, -0.1) is 0 Å². The summed E-state index contributed by atoms with van der Waals surface area (Å²) in [5.74, 6) is -0.520. The maximum Gasteiger partial charge on any atom is 0.303 e. The Labute approximate surface area is 115 Å². The number of carboxylic acids is 1. The van der Waals surface area contributed by atoms with E-state index in [1.807, 2.05) is 13.8 Å². The molecule has 112 valence electrons. The van der Waals surface area contributed by atoms with Crippen molar-refractivity contribution in [1.82, 2.24) is 5.32 Å². The second-order valence-corrected chi connectivity index (χ2v) is 5.73. The van der Waals surface area contributed by atoms with Crippen LogP contribution in [0.2, 0.25) is 0 Å². The van der Waals surface area contributed by atoms with Crippen molar-refractivity contribution in [3.8, 4) is 0 Å². The van der Waals surface area contributed by atoms with Gasteiger partial charge in [-0.3, -0.25) is 9.59 Å². The van der Waals surface area contributed by atoms with E-state index in [1.54, 1.807) is 0 Å².